The zero-order chi connectivity index (χ0) is 15.4. The number of hydrogen-bond donors (Lipinski definition) is 2. The maximum absolute atomic E-state index is 10.6. The SMILES string of the molecule is O=[N+]([O-])c1ccc(C[NH+]2CC[NH+](Cc3ccccc3)CC2)o1. The lowest BCUT2D eigenvalue weighted by Gasteiger charge is -2.29. The van der Waals surface area contributed by atoms with Crippen LogP contribution in [-0.4, -0.2) is 31.1 Å². The first-order valence-electron chi connectivity index (χ1n) is 7.65. The third-order valence-corrected chi connectivity index (χ3v) is 4.21. The Morgan fingerprint density at radius 2 is 1.59 bits per heavy atom. The van der Waals surface area contributed by atoms with Crippen LogP contribution in [0.5, 0.6) is 0 Å². The lowest BCUT2D eigenvalue weighted by molar-refractivity contribution is -1.02. The van der Waals surface area contributed by atoms with E-state index >= 15 is 0 Å². The predicted octanol–water partition coefficient (Wildman–Crippen LogP) is -0.329. The number of nitro groups is 1. The number of quaternary nitrogens is 2. The summed E-state index contributed by atoms with van der Waals surface area (Å²) >= 11 is 0. The van der Waals surface area contributed by atoms with Gasteiger partial charge in [-0.3, -0.25) is 10.1 Å². The van der Waals surface area contributed by atoms with Gasteiger partial charge in [0, 0.05) is 5.56 Å². The molecule has 2 N–H and O–H groups in total. The molecule has 116 valence electrons. The molecule has 0 radical (unpaired) electrons. The molecule has 2 heterocycles. The standard InChI is InChI=1S/C16H19N3O3/c20-19(21)16-7-6-15(22-16)13-18-10-8-17(9-11-18)12-14-4-2-1-3-5-14/h1-7H,8-13H2/p+2. The third kappa shape index (κ3) is 3.72. The van der Waals surface area contributed by atoms with Gasteiger partial charge in [0.15, 0.2) is 5.76 Å². The van der Waals surface area contributed by atoms with Gasteiger partial charge < -0.3 is 14.2 Å². The van der Waals surface area contributed by atoms with Gasteiger partial charge in [-0.15, -0.1) is 0 Å². The van der Waals surface area contributed by atoms with Crippen LogP contribution < -0.4 is 9.80 Å². The summed E-state index contributed by atoms with van der Waals surface area (Å²) in [5, 5.41) is 10.6. The second-order valence-corrected chi connectivity index (χ2v) is 5.84. The van der Waals surface area contributed by atoms with Gasteiger partial charge in [0.1, 0.15) is 44.2 Å². The number of hydrogen-bond acceptors (Lipinski definition) is 3. The molecule has 0 unspecified atom stereocenters. The Labute approximate surface area is 129 Å². The second kappa shape index (κ2) is 6.72. The van der Waals surface area contributed by atoms with Crippen molar-refractivity contribution in [3.63, 3.8) is 0 Å². The van der Waals surface area contributed by atoms with Crippen LogP contribution in [-0.2, 0) is 13.1 Å². The van der Waals surface area contributed by atoms with Gasteiger partial charge in [-0.1, -0.05) is 30.3 Å². The molecule has 0 saturated carbocycles. The second-order valence-electron chi connectivity index (χ2n) is 5.84. The molecular formula is C16H21N3O3+2. The summed E-state index contributed by atoms with van der Waals surface area (Å²) in [6.07, 6.45) is 0. The van der Waals surface area contributed by atoms with Crippen LogP contribution in [0.4, 0.5) is 5.88 Å². The summed E-state index contributed by atoms with van der Waals surface area (Å²) in [5.74, 6) is 0.538. The molecule has 1 fully saturated rings. The number of nitrogens with one attached hydrogen (secondary N) is 2. The summed E-state index contributed by atoms with van der Waals surface area (Å²) in [6.45, 7) is 6.17. The molecule has 22 heavy (non-hydrogen) atoms. The quantitative estimate of drug-likeness (QED) is 0.587. The fourth-order valence-electron chi connectivity index (χ4n) is 3.00. The highest BCUT2D eigenvalue weighted by molar-refractivity contribution is 5.17. The van der Waals surface area contributed by atoms with E-state index in [4.69, 9.17) is 4.42 Å². The van der Waals surface area contributed by atoms with E-state index < -0.39 is 4.92 Å². The zero-order valence-electron chi connectivity index (χ0n) is 12.5. The normalized spacial score (nSPS) is 21.6. The van der Waals surface area contributed by atoms with E-state index in [2.05, 4.69) is 24.3 Å². The fourth-order valence-corrected chi connectivity index (χ4v) is 3.00. The van der Waals surface area contributed by atoms with Crippen molar-refractivity contribution in [2.45, 2.75) is 13.1 Å². The van der Waals surface area contributed by atoms with Crippen molar-refractivity contribution in [1.82, 2.24) is 0 Å². The number of benzene rings is 1. The van der Waals surface area contributed by atoms with E-state index in [-0.39, 0.29) is 5.88 Å². The van der Waals surface area contributed by atoms with Crippen LogP contribution in [0.15, 0.2) is 46.9 Å². The highest BCUT2D eigenvalue weighted by Crippen LogP contribution is 2.14. The zero-order valence-corrected chi connectivity index (χ0v) is 12.5. The molecule has 0 amide bonds. The van der Waals surface area contributed by atoms with Crippen molar-refractivity contribution in [2.24, 2.45) is 0 Å². The Hall–Kier alpha value is -2.18. The van der Waals surface area contributed by atoms with Crippen LogP contribution in [0.3, 0.4) is 0 Å². The van der Waals surface area contributed by atoms with Gasteiger partial charge in [0.05, 0.1) is 6.07 Å². The average Bonchev–Trinajstić information content (AvgIpc) is 2.99. The monoisotopic (exact) mass is 303 g/mol. The summed E-state index contributed by atoms with van der Waals surface area (Å²) in [5.41, 5.74) is 1.38. The molecule has 6 nitrogen and oxygen atoms in total. The maximum Gasteiger partial charge on any atom is 0.433 e. The van der Waals surface area contributed by atoms with Crippen LogP contribution in [0.2, 0.25) is 0 Å². The van der Waals surface area contributed by atoms with Crippen molar-refractivity contribution >= 4 is 5.88 Å². The van der Waals surface area contributed by atoms with Crippen LogP contribution in [0, 0.1) is 10.1 Å². The molecule has 6 heteroatoms. The van der Waals surface area contributed by atoms with Crippen LogP contribution in [0.25, 0.3) is 0 Å². The first-order valence-corrected chi connectivity index (χ1v) is 7.65. The van der Waals surface area contributed by atoms with Crippen molar-refractivity contribution in [3.8, 4) is 0 Å². The topological polar surface area (TPSA) is 65.2 Å². The highest BCUT2D eigenvalue weighted by atomic mass is 16.6. The molecule has 1 aliphatic rings. The molecule has 0 bridgehead atoms. The molecule has 1 aliphatic heterocycles. The Morgan fingerprint density at radius 1 is 0.955 bits per heavy atom. The van der Waals surface area contributed by atoms with E-state index in [9.17, 15) is 10.1 Å². The number of rotatable bonds is 5. The Kier molecular flexibility index (Phi) is 4.50. The van der Waals surface area contributed by atoms with Crippen molar-refractivity contribution in [2.75, 3.05) is 26.2 Å². The van der Waals surface area contributed by atoms with Gasteiger partial charge in [-0.2, -0.15) is 0 Å². The van der Waals surface area contributed by atoms with E-state index in [1.807, 2.05) is 6.07 Å². The van der Waals surface area contributed by atoms with Crippen LogP contribution in [0.1, 0.15) is 11.3 Å². The van der Waals surface area contributed by atoms with Crippen molar-refractivity contribution in [1.29, 1.82) is 0 Å². The molecule has 0 spiro atoms. The molecule has 3 rings (SSSR count). The molecule has 1 saturated heterocycles. The summed E-state index contributed by atoms with van der Waals surface area (Å²) in [4.78, 5) is 13.2. The van der Waals surface area contributed by atoms with Gasteiger partial charge in [-0.25, -0.2) is 0 Å². The smallest absolute Gasteiger partial charge is 0.400 e. The average molecular weight is 303 g/mol. The van der Waals surface area contributed by atoms with Gasteiger partial charge >= 0.3 is 5.88 Å². The minimum absolute atomic E-state index is 0.164. The molecule has 2 aromatic rings. The minimum Gasteiger partial charge on any atom is -0.400 e. The number of piperazine rings is 1. The maximum atomic E-state index is 10.6. The van der Waals surface area contributed by atoms with E-state index in [1.165, 1.54) is 16.5 Å². The number of nitrogens with zero attached hydrogens (tertiary/aromatic N) is 1. The van der Waals surface area contributed by atoms with Gasteiger partial charge in [-0.05, 0) is 6.07 Å². The largest absolute Gasteiger partial charge is 0.433 e. The molecule has 1 aromatic heterocycles. The highest BCUT2D eigenvalue weighted by Gasteiger charge is 2.24. The molecule has 0 atom stereocenters. The summed E-state index contributed by atoms with van der Waals surface area (Å²) in [6, 6.07) is 13.7. The summed E-state index contributed by atoms with van der Waals surface area (Å²) in [7, 11) is 0. The van der Waals surface area contributed by atoms with Crippen LogP contribution >= 0.6 is 0 Å². The molecule has 0 aliphatic carbocycles. The van der Waals surface area contributed by atoms with Crippen molar-refractivity contribution < 1.29 is 19.1 Å². The fraction of sp³-hybridized carbons (Fsp3) is 0.375. The number of furan rings is 1. The van der Waals surface area contributed by atoms with Gasteiger partial charge in [0.25, 0.3) is 0 Å². The molecule has 1 aromatic carbocycles. The van der Waals surface area contributed by atoms with E-state index in [0.29, 0.717) is 5.76 Å². The lowest BCUT2D eigenvalue weighted by atomic mass is 10.2. The minimum atomic E-state index is -0.485. The lowest BCUT2D eigenvalue weighted by Crippen LogP contribution is -3.27. The first-order chi connectivity index (χ1) is 10.7. The Morgan fingerprint density at radius 3 is 2.18 bits per heavy atom. The summed E-state index contributed by atoms with van der Waals surface area (Å²) < 4.78 is 5.24. The third-order valence-electron chi connectivity index (χ3n) is 4.21. The first kappa shape index (κ1) is 14.7. The van der Waals surface area contributed by atoms with E-state index in [0.717, 1.165) is 39.3 Å². The Balaban J connectivity index is 1.48. The molecular weight excluding hydrogens is 282 g/mol. The van der Waals surface area contributed by atoms with Gasteiger partial charge in [0.2, 0.25) is 0 Å². The van der Waals surface area contributed by atoms with Crippen molar-refractivity contribution in [3.05, 3.63) is 63.9 Å². The predicted molar refractivity (Wildman–Crippen MR) is 80.6 cm³/mol. The van der Waals surface area contributed by atoms with E-state index in [1.54, 1.807) is 11.0 Å². The Bertz CT molecular complexity index is 619.